The van der Waals surface area contributed by atoms with Crippen LogP contribution in [0.15, 0.2) is 48.5 Å². The van der Waals surface area contributed by atoms with E-state index in [-0.39, 0.29) is 5.41 Å². The van der Waals surface area contributed by atoms with Crippen molar-refractivity contribution in [3.05, 3.63) is 64.7 Å². The molecule has 1 N–H and O–H groups in total. The van der Waals surface area contributed by atoms with Crippen LogP contribution in [0.3, 0.4) is 0 Å². The molecule has 2 aromatic carbocycles. The van der Waals surface area contributed by atoms with Gasteiger partial charge in [0.1, 0.15) is 5.75 Å². The molecule has 4 heteroatoms. The molecule has 0 saturated heterocycles. The predicted octanol–water partition coefficient (Wildman–Crippen LogP) is 5.32. The Labute approximate surface area is 141 Å². The van der Waals surface area contributed by atoms with Crippen molar-refractivity contribution in [1.82, 2.24) is 0 Å². The van der Waals surface area contributed by atoms with E-state index in [1.807, 2.05) is 30.3 Å². The van der Waals surface area contributed by atoms with E-state index in [2.05, 4.69) is 37.9 Å². The molecule has 0 heterocycles. The van der Waals surface area contributed by atoms with Gasteiger partial charge < -0.3 is 5.11 Å². The lowest BCUT2D eigenvalue weighted by Gasteiger charge is -2.31. The Morgan fingerprint density at radius 1 is 1.00 bits per heavy atom. The number of hydrogen-bond acceptors (Lipinski definition) is 1. The first kappa shape index (κ1) is 15.9. The molecule has 106 valence electrons. The number of halogens is 3. The zero-order valence-corrected chi connectivity index (χ0v) is 14.7. The maximum absolute atomic E-state index is 9.63. The van der Waals surface area contributed by atoms with Crippen LogP contribution in [0.5, 0.6) is 5.75 Å². The van der Waals surface area contributed by atoms with Gasteiger partial charge in [-0.2, -0.15) is 0 Å². The summed E-state index contributed by atoms with van der Waals surface area (Å²) >= 11 is 13.6. The molecule has 0 aromatic heterocycles. The highest BCUT2D eigenvalue weighted by atomic mass is 79.9. The van der Waals surface area contributed by atoms with E-state index in [0.29, 0.717) is 5.75 Å². The molecule has 0 spiro atoms. The van der Waals surface area contributed by atoms with Crippen molar-refractivity contribution in [2.24, 2.45) is 0 Å². The summed E-state index contributed by atoms with van der Waals surface area (Å²) < 4.78 is 0. The van der Waals surface area contributed by atoms with Gasteiger partial charge in [0.15, 0.2) is 0 Å². The van der Waals surface area contributed by atoms with E-state index in [1.54, 1.807) is 12.1 Å². The Bertz CT molecular complexity index is 582. The van der Waals surface area contributed by atoms with E-state index in [0.717, 1.165) is 33.2 Å². The number of phenolic OH excluding ortho intramolecular Hbond substituents is 1. The second-order valence-corrected chi connectivity index (χ2v) is 6.40. The third-order valence-electron chi connectivity index (χ3n) is 3.41. The summed E-state index contributed by atoms with van der Waals surface area (Å²) in [6.07, 6.45) is 0.793. The fourth-order valence-electron chi connectivity index (χ4n) is 2.32. The van der Waals surface area contributed by atoms with Crippen molar-refractivity contribution in [2.75, 3.05) is 10.7 Å². The summed E-state index contributed by atoms with van der Waals surface area (Å²) in [5.74, 6) is 0.291. The lowest BCUT2D eigenvalue weighted by molar-refractivity contribution is 0.472. The van der Waals surface area contributed by atoms with Crippen molar-refractivity contribution in [1.29, 1.82) is 0 Å². The van der Waals surface area contributed by atoms with Gasteiger partial charge >= 0.3 is 0 Å². The van der Waals surface area contributed by atoms with Crippen molar-refractivity contribution < 1.29 is 5.11 Å². The maximum Gasteiger partial charge on any atom is 0.115 e. The van der Waals surface area contributed by atoms with E-state index in [4.69, 9.17) is 11.6 Å². The van der Waals surface area contributed by atoms with Crippen molar-refractivity contribution in [2.45, 2.75) is 11.8 Å². The highest BCUT2D eigenvalue weighted by molar-refractivity contribution is 9.09. The molecular weight excluding hydrogens is 403 g/mol. The minimum absolute atomic E-state index is 0.147. The van der Waals surface area contributed by atoms with Gasteiger partial charge in [0.25, 0.3) is 0 Å². The first-order chi connectivity index (χ1) is 9.61. The van der Waals surface area contributed by atoms with Gasteiger partial charge in [-0.05, 0) is 35.7 Å². The van der Waals surface area contributed by atoms with Gasteiger partial charge in [-0.3, -0.25) is 0 Å². The van der Waals surface area contributed by atoms with Crippen LogP contribution in [-0.2, 0) is 11.8 Å². The van der Waals surface area contributed by atoms with Crippen LogP contribution in [0.4, 0.5) is 0 Å². The van der Waals surface area contributed by atoms with E-state index in [9.17, 15) is 5.11 Å². The molecule has 0 radical (unpaired) electrons. The molecule has 0 aliphatic heterocycles. The average Bonchev–Trinajstić information content (AvgIpc) is 2.46. The Hall–Kier alpha value is -0.510. The predicted molar refractivity (Wildman–Crippen MR) is 92.5 cm³/mol. The third kappa shape index (κ3) is 3.38. The molecule has 0 saturated carbocycles. The molecule has 1 nitrogen and oxygen atoms in total. The molecular formula is C16H15Br2ClO. The molecule has 0 unspecified atom stereocenters. The van der Waals surface area contributed by atoms with Crippen molar-refractivity contribution in [3.63, 3.8) is 0 Å². The molecule has 0 amide bonds. The smallest absolute Gasteiger partial charge is 0.115 e. The van der Waals surface area contributed by atoms with Gasteiger partial charge in [-0.15, -0.1) is 0 Å². The van der Waals surface area contributed by atoms with Crippen LogP contribution in [0.25, 0.3) is 0 Å². The molecule has 2 aromatic rings. The number of benzene rings is 2. The summed E-state index contributed by atoms with van der Waals surface area (Å²) in [4.78, 5) is 0. The van der Waals surface area contributed by atoms with Crippen LogP contribution in [0.2, 0.25) is 5.02 Å². The zero-order valence-electron chi connectivity index (χ0n) is 10.8. The summed E-state index contributed by atoms with van der Waals surface area (Å²) in [6, 6.07) is 15.3. The van der Waals surface area contributed by atoms with Crippen LogP contribution in [-0.4, -0.2) is 15.8 Å². The standard InChI is InChI=1S/C16H15Br2ClO/c17-10-16(11-18,14-6-1-2-7-15(14)19)9-12-4-3-5-13(20)8-12/h1-8,20H,9-11H2. The first-order valence-electron chi connectivity index (χ1n) is 6.26. The lowest BCUT2D eigenvalue weighted by Crippen LogP contribution is -2.33. The second-order valence-electron chi connectivity index (χ2n) is 4.87. The van der Waals surface area contributed by atoms with Gasteiger partial charge in [-0.25, -0.2) is 0 Å². The maximum atomic E-state index is 9.63. The van der Waals surface area contributed by atoms with Crippen LogP contribution >= 0.6 is 43.5 Å². The van der Waals surface area contributed by atoms with E-state index >= 15 is 0 Å². The number of alkyl halides is 2. The Kier molecular flexibility index (Phi) is 5.53. The summed E-state index contributed by atoms with van der Waals surface area (Å²) in [5.41, 5.74) is 2.05. The van der Waals surface area contributed by atoms with Crippen LogP contribution in [0.1, 0.15) is 11.1 Å². The molecule has 20 heavy (non-hydrogen) atoms. The zero-order chi connectivity index (χ0) is 14.6. The number of aromatic hydroxyl groups is 1. The minimum Gasteiger partial charge on any atom is -0.508 e. The second kappa shape index (κ2) is 6.97. The van der Waals surface area contributed by atoms with Gasteiger partial charge in [0.2, 0.25) is 0 Å². The topological polar surface area (TPSA) is 20.2 Å². The molecule has 0 bridgehead atoms. The lowest BCUT2D eigenvalue weighted by atomic mass is 9.79. The fourth-order valence-corrected chi connectivity index (χ4v) is 4.58. The van der Waals surface area contributed by atoms with Crippen LogP contribution < -0.4 is 0 Å². The molecule has 0 aliphatic rings. The van der Waals surface area contributed by atoms with E-state index in [1.165, 1.54) is 0 Å². The molecule has 0 fully saturated rings. The Balaban J connectivity index is 2.42. The Morgan fingerprint density at radius 3 is 2.30 bits per heavy atom. The largest absolute Gasteiger partial charge is 0.508 e. The number of hydrogen-bond donors (Lipinski definition) is 1. The number of rotatable bonds is 5. The highest BCUT2D eigenvalue weighted by Gasteiger charge is 2.32. The minimum atomic E-state index is -0.147. The summed E-state index contributed by atoms with van der Waals surface area (Å²) in [7, 11) is 0. The first-order valence-corrected chi connectivity index (χ1v) is 8.88. The van der Waals surface area contributed by atoms with Gasteiger partial charge in [0.05, 0.1) is 0 Å². The molecule has 0 aliphatic carbocycles. The van der Waals surface area contributed by atoms with E-state index < -0.39 is 0 Å². The Morgan fingerprint density at radius 2 is 1.70 bits per heavy atom. The summed E-state index contributed by atoms with van der Waals surface area (Å²) in [6.45, 7) is 0. The fraction of sp³-hybridized carbons (Fsp3) is 0.250. The van der Waals surface area contributed by atoms with Crippen molar-refractivity contribution in [3.8, 4) is 5.75 Å². The van der Waals surface area contributed by atoms with Gasteiger partial charge in [-0.1, -0.05) is 73.8 Å². The summed E-state index contributed by atoms with van der Waals surface area (Å²) in [5, 5.41) is 12.0. The molecule has 2 rings (SSSR count). The highest BCUT2D eigenvalue weighted by Crippen LogP contribution is 2.37. The number of phenols is 1. The molecule has 0 atom stereocenters. The third-order valence-corrected chi connectivity index (χ3v) is 5.89. The van der Waals surface area contributed by atoms with Crippen molar-refractivity contribution >= 4 is 43.5 Å². The average molecular weight is 419 g/mol. The van der Waals surface area contributed by atoms with Crippen LogP contribution in [0, 0.1) is 0 Å². The normalized spacial score (nSPS) is 11.6. The van der Waals surface area contributed by atoms with Gasteiger partial charge in [0, 0.05) is 21.1 Å². The monoisotopic (exact) mass is 416 g/mol. The SMILES string of the molecule is Oc1cccc(CC(CBr)(CBr)c2ccccc2Cl)c1. The quantitative estimate of drug-likeness (QED) is 0.652.